The van der Waals surface area contributed by atoms with Crippen LogP contribution in [0, 0.1) is 0 Å². The van der Waals surface area contributed by atoms with Gasteiger partial charge in [0.1, 0.15) is 5.52 Å². The van der Waals surface area contributed by atoms with Gasteiger partial charge in [0.05, 0.1) is 6.04 Å². The van der Waals surface area contributed by atoms with Crippen molar-refractivity contribution in [2.24, 2.45) is 5.73 Å². The second-order valence-corrected chi connectivity index (χ2v) is 4.35. The topological polar surface area (TPSA) is 84.4 Å². The summed E-state index contributed by atoms with van der Waals surface area (Å²) in [5.74, 6) is -0.231. The first-order valence-corrected chi connectivity index (χ1v) is 5.62. The number of oxazole rings is 1. The molecular formula is C12H16N4O2. The molecule has 6 nitrogen and oxygen atoms in total. The van der Waals surface area contributed by atoms with Crippen LogP contribution >= 0.6 is 0 Å². The van der Waals surface area contributed by atoms with Gasteiger partial charge in [0.25, 0.3) is 6.01 Å². The van der Waals surface area contributed by atoms with Crippen LogP contribution in [0.4, 0.5) is 11.7 Å². The van der Waals surface area contributed by atoms with Crippen molar-refractivity contribution in [3.05, 3.63) is 18.2 Å². The van der Waals surface area contributed by atoms with E-state index in [2.05, 4.69) is 10.3 Å². The van der Waals surface area contributed by atoms with Gasteiger partial charge in [-0.25, -0.2) is 0 Å². The number of nitrogens with two attached hydrogens (primary N) is 1. The van der Waals surface area contributed by atoms with E-state index in [0.717, 1.165) is 0 Å². The lowest BCUT2D eigenvalue weighted by atomic mass is 10.2. The zero-order valence-corrected chi connectivity index (χ0v) is 10.6. The minimum atomic E-state index is -0.546. The van der Waals surface area contributed by atoms with Crippen LogP contribution in [-0.2, 0) is 4.79 Å². The highest BCUT2D eigenvalue weighted by atomic mass is 16.4. The number of hydrogen-bond acceptors (Lipinski definition) is 5. The van der Waals surface area contributed by atoms with Crippen LogP contribution in [0.2, 0.25) is 0 Å². The van der Waals surface area contributed by atoms with Gasteiger partial charge in [-0.3, -0.25) is 4.79 Å². The maximum absolute atomic E-state index is 11.5. The van der Waals surface area contributed by atoms with Gasteiger partial charge in [0.2, 0.25) is 5.91 Å². The average Bonchev–Trinajstić information content (AvgIpc) is 2.71. The third-order valence-corrected chi connectivity index (χ3v) is 2.44. The molecule has 0 saturated heterocycles. The number of carbonyl (C=O) groups excluding carboxylic acids is 1. The number of aromatic nitrogens is 1. The second-order valence-electron chi connectivity index (χ2n) is 4.35. The number of rotatable bonds is 3. The molecule has 0 aliphatic carbocycles. The lowest BCUT2D eigenvalue weighted by molar-refractivity contribution is -0.117. The third kappa shape index (κ3) is 2.43. The van der Waals surface area contributed by atoms with Crippen LogP contribution in [0.15, 0.2) is 22.6 Å². The summed E-state index contributed by atoms with van der Waals surface area (Å²) < 4.78 is 5.51. The first-order chi connectivity index (χ1) is 8.47. The number of hydrogen-bond donors (Lipinski definition) is 2. The van der Waals surface area contributed by atoms with Crippen LogP contribution in [0.3, 0.4) is 0 Å². The van der Waals surface area contributed by atoms with Crippen LogP contribution in [-0.4, -0.2) is 31.0 Å². The van der Waals surface area contributed by atoms with E-state index in [4.69, 9.17) is 10.2 Å². The molecule has 1 amide bonds. The molecule has 0 aliphatic rings. The zero-order valence-electron chi connectivity index (χ0n) is 10.6. The summed E-state index contributed by atoms with van der Waals surface area (Å²) in [7, 11) is 3.70. The number of amides is 1. The Morgan fingerprint density at radius 1 is 1.50 bits per heavy atom. The zero-order chi connectivity index (χ0) is 13.3. The third-order valence-electron chi connectivity index (χ3n) is 2.44. The van der Waals surface area contributed by atoms with Gasteiger partial charge in [-0.15, -0.1) is 0 Å². The first-order valence-electron chi connectivity index (χ1n) is 5.62. The normalized spacial score (nSPS) is 12.4. The van der Waals surface area contributed by atoms with E-state index in [-0.39, 0.29) is 5.91 Å². The molecule has 0 radical (unpaired) electrons. The van der Waals surface area contributed by atoms with E-state index in [1.165, 1.54) is 0 Å². The first kappa shape index (κ1) is 12.4. The molecule has 3 N–H and O–H groups in total. The second kappa shape index (κ2) is 4.66. The van der Waals surface area contributed by atoms with Crippen molar-refractivity contribution in [1.82, 2.24) is 4.98 Å². The molecule has 0 spiro atoms. The summed E-state index contributed by atoms with van der Waals surface area (Å²) >= 11 is 0. The Morgan fingerprint density at radius 3 is 2.83 bits per heavy atom. The van der Waals surface area contributed by atoms with Crippen molar-refractivity contribution < 1.29 is 9.21 Å². The van der Waals surface area contributed by atoms with Gasteiger partial charge in [0.15, 0.2) is 5.58 Å². The van der Waals surface area contributed by atoms with Crippen LogP contribution in [0.5, 0.6) is 0 Å². The highest BCUT2D eigenvalue weighted by molar-refractivity contribution is 5.95. The van der Waals surface area contributed by atoms with E-state index in [1.807, 2.05) is 14.1 Å². The molecule has 96 valence electrons. The molecule has 0 bridgehead atoms. The van der Waals surface area contributed by atoms with Gasteiger partial charge in [-0.1, -0.05) is 0 Å². The SMILES string of the molecule is C[C@@H](N)C(=O)Nc1ccc2oc(N(C)C)nc2c1. The maximum Gasteiger partial charge on any atom is 0.297 e. The highest BCUT2D eigenvalue weighted by Gasteiger charge is 2.10. The van der Waals surface area contributed by atoms with E-state index >= 15 is 0 Å². The minimum absolute atomic E-state index is 0.231. The molecule has 2 aromatic rings. The van der Waals surface area contributed by atoms with E-state index in [9.17, 15) is 4.79 Å². The number of nitrogens with one attached hydrogen (secondary N) is 1. The Bertz CT molecular complexity index is 574. The number of benzene rings is 1. The fourth-order valence-electron chi connectivity index (χ4n) is 1.44. The van der Waals surface area contributed by atoms with Crippen molar-refractivity contribution in [2.75, 3.05) is 24.3 Å². The average molecular weight is 248 g/mol. The molecule has 6 heteroatoms. The molecule has 2 rings (SSSR count). The largest absolute Gasteiger partial charge is 0.423 e. The maximum atomic E-state index is 11.5. The summed E-state index contributed by atoms with van der Waals surface area (Å²) in [5, 5.41) is 2.71. The van der Waals surface area contributed by atoms with E-state index in [0.29, 0.717) is 22.8 Å². The summed E-state index contributed by atoms with van der Waals surface area (Å²) in [4.78, 5) is 17.6. The molecule has 1 aromatic carbocycles. The number of nitrogens with zero attached hydrogens (tertiary/aromatic N) is 2. The predicted molar refractivity (Wildman–Crippen MR) is 70.6 cm³/mol. The summed E-state index contributed by atoms with van der Waals surface area (Å²) in [6.45, 7) is 1.63. The van der Waals surface area contributed by atoms with Crippen LogP contribution < -0.4 is 16.0 Å². The fraction of sp³-hybridized carbons (Fsp3) is 0.333. The molecule has 0 fully saturated rings. The summed E-state index contributed by atoms with van der Waals surface area (Å²) in [6.07, 6.45) is 0. The van der Waals surface area contributed by atoms with Crippen molar-refractivity contribution in [1.29, 1.82) is 0 Å². The minimum Gasteiger partial charge on any atom is -0.423 e. The fourth-order valence-corrected chi connectivity index (χ4v) is 1.44. The monoisotopic (exact) mass is 248 g/mol. The molecular weight excluding hydrogens is 232 g/mol. The van der Waals surface area contributed by atoms with Crippen molar-refractivity contribution in [2.45, 2.75) is 13.0 Å². The van der Waals surface area contributed by atoms with Gasteiger partial charge < -0.3 is 20.4 Å². The Kier molecular flexibility index (Phi) is 3.20. The van der Waals surface area contributed by atoms with Gasteiger partial charge >= 0.3 is 0 Å². The molecule has 0 saturated carbocycles. The van der Waals surface area contributed by atoms with Gasteiger partial charge in [-0.05, 0) is 25.1 Å². The number of carbonyl (C=O) groups is 1. The molecule has 1 heterocycles. The van der Waals surface area contributed by atoms with Crippen molar-refractivity contribution in [3.63, 3.8) is 0 Å². The predicted octanol–water partition coefficient (Wildman–Crippen LogP) is 1.18. The lowest BCUT2D eigenvalue weighted by Crippen LogP contribution is -2.32. The van der Waals surface area contributed by atoms with Crippen molar-refractivity contribution >= 4 is 28.7 Å². The Balaban J connectivity index is 2.29. The number of fused-ring (bicyclic) bond motifs is 1. The van der Waals surface area contributed by atoms with E-state index in [1.54, 1.807) is 30.0 Å². The Morgan fingerprint density at radius 2 is 2.22 bits per heavy atom. The summed E-state index contributed by atoms with van der Waals surface area (Å²) in [5.41, 5.74) is 7.52. The van der Waals surface area contributed by atoms with Crippen LogP contribution in [0.25, 0.3) is 11.1 Å². The molecule has 1 atom stereocenters. The van der Waals surface area contributed by atoms with Gasteiger partial charge in [0, 0.05) is 19.8 Å². The lowest BCUT2D eigenvalue weighted by Gasteiger charge is -2.06. The molecule has 18 heavy (non-hydrogen) atoms. The van der Waals surface area contributed by atoms with Crippen LogP contribution in [0.1, 0.15) is 6.92 Å². The van der Waals surface area contributed by atoms with Gasteiger partial charge in [-0.2, -0.15) is 4.98 Å². The Hall–Kier alpha value is -2.08. The quantitative estimate of drug-likeness (QED) is 0.852. The molecule has 1 aromatic heterocycles. The molecule has 0 aliphatic heterocycles. The van der Waals surface area contributed by atoms with E-state index < -0.39 is 6.04 Å². The Labute approximate surface area is 105 Å². The molecule has 0 unspecified atom stereocenters. The van der Waals surface area contributed by atoms with Crippen molar-refractivity contribution in [3.8, 4) is 0 Å². The standard InChI is InChI=1S/C12H16N4O2/c1-7(13)11(17)14-8-4-5-10-9(6-8)15-12(18-10)16(2)3/h4-7H,13H2,1-3H3,(H,14,17)/t7-/m1/s1. The highest BCUT2D eigenvalue weighted by Crippen LogP contribution is 2.23. The number of anilines is 2. The smallest absolute Gasteiger partial charge is 0.297 e. The summed E-state index contributed by atoms with van der Waals surface area (Å²) in [6, 6.07) is 5.27.